The molecule has 0 N–H and O–H groups in total. The summed E-state index contributed by atoms with van der Waals surface area (Å²) in [5.41, 5.74) is 0. The molecule has 2 rings (SSSR count). The number of hydrogen-bond acceptors (Lipinski definition) is 4. The third kappa shape index (κ3) is 2.21. The maximum atomic E-state index is 10.5. The lowest BCUT2D eigenvalue weighted by molar-refractivity contribution is -0.00641. The van der Waals surface area contributed by atoms with E-state index in [4.69, 9.17) is 9.15 Å². The summed E-state index contributed by atoms with van der Waals surface area (Å²) in [7, 11) is 0. The molecule has 0 amide bonds. The number of rotatable bonds is 2. The lowest BCUT2D eigenvalue weighted by Gasteiger charge is -2.35. The molecule has 4 heteroatoms. The van der Waals surface area contributed by atoms with E-state index in [0.717, 1.165) is 25.3 Å². The maximum absolute atomic E-state index is 10.5. The van der Waals surface area contributed by atoms with Crippen molar-refractivity contribution in [3.63, 3.8) is 0 Å². The Hall–Kier alpha value is -1.29. The first kappa shape index (κ1) is 10.2. The number of nitrogens with zero attached hydrogens (tertiary/aromatic N) is 1. The zero-order chi connectivity index (χ0) is 10.8. The Morgan fingerprint density at radius 3 is 2.53 bits per heavy atom. The molecule has 1 aromatic rings. The maximum Gasteiger partial charge on any atom is 0.196 e. The second kappa shape index (κ2) is 4.06. The minimum Gasteiger partial charge on any atom is -0.438 e. The molecule has 2 heterocycles. The van der Waals surface area contributed by atoms with Gasteiger partial charge >= 0.3 is 0 Å². The van der Waals surface area contributed by atoms with Crippen LogP contribution < -0.4 is 4.90 Å². The van der Waals surface area contributed by atoms with Gasteiger partial charge in [0.1, 0.15) is 0 Å². The van der Waals surface area contributed by atoms with Crippen molar-refractivity contribution in [3.05, 3.63) is 17.9 Å². The standard InChI is InChI=1S/C11H15NO3/c1-8-5-12(6-9(2)14-8)11-4-3-10(7-13)15-11/h3-4,7-9H,5-6H2,1-2H3/t8-,9+. The first-order valence-corrected chi connectivity index (χ1v) is 5.14. The monoisotopic (exact) mass is 209 g/mol. The molecule has 1 aliphatic rings. The molecule has 1 saturated heterocycles. The van der Waals surface area contributed by atoms with Crippen molar-refractivity contribution in [2.75, 3.05) is 18.0 Å². The third-order valence-electron chi connectivity index (χ3n) is 2.46. The van der Waals surface area contributed by atoms with Gasteiger partial charge in [0.15, 0.2) is 17.9 Å². The topological polar surface area (TPSA) is 42.7 Å². The van der Waals surface area contributed by atoms with Crippen LogP contribution in [0.15, 0.2) is 16.5 Å². The summed E-state index contributed by atoms with van der Waals surface area (Å²) in [5.74, 6) is 1.12. The fourth-order valence-electron chi connectivity index (χ4n) is 1.93. The molecule has 0 aliphatic carbocycles. The minimum atomic E-state index is 0.193. The molecule has 15 heavy (non-hydrogen) atoms. The van der Waals surface area contributed by atoms with Crippen molar-refractivity contribution < 1.29 is 13.9 Å². The molecule has 0 bridgehead atoms. The first-order chi connectivity index (χ1) is 7.19. The van der Waals surface area contributed by atoms with Crippen LogP contribution in [0.5, 0.6) is 0 Å². The zero-order valence-electron chi connectivity index (χ0n) is 8.97. The van der Waals surface area contributed by atoms with E-state index in [1.807, 2.05) is 19.9 Å². The van der Waals surface area contributed by atoms with Crippen molar-refractivity contribution in [1.82, 2.24) is 0 Å². The van der Waals surface area contributed by atoms with E-state index in [9.17, 15) is 4.79 Å². The predicted octanol–water partition coefficient (Wildman–Crippen LogP) is 1.71. The summed E-state index contributed by atoms with van der Waals surface area (Å²) >= 11 is 0. The zero-order valence-corrected chi connectivity index (χ0v) is 8.97. The van der Waals surface area contributed by atoms with Gasteiger partial charge in [-0.3, -0.25) is 4.79 Å². The van der Waals surface area contributed by atoms with E-state index in [-0.39, 0.29) is 12.2 Å². The molecule has 4 nitrogen and oxygen atoms in total. The molecule has 82 valence electrons. The fourth-order valence-corrected chi connectivity index (χ4v) is 1.93. The number of morpholine rings is 1. The molecule has 0 spiro atoms. The van der Waals surface area contributed by atoms with E-state index in [0.29, 0.717) is 5.76 Å². The number of hydrogen-bond donors (Lipinski definition) is 0. The first-order valence-electron chi connectivity index (χ1n) is 5.14. The summed E-state index contributed by atoms with van der Waals surface area (Å²) in [6.07, 6.45) is 1.11. The van der Waals surface area contributed by atoms with Gasteiger partial charge in [-0.2, -0.15) is 0 Å². The van der Waals surface area contributed by atoms with Gasteiger partial charge in [-0.25, -0.2) is 0 Å². The highest BCUT2D eigenvalue weighted by Gasteiger charge is 2.24. The van der Waals surface area contributed by atoms with Crippen LogP contribution in [0.3, 0.4) is 0 Å². The van der Waals surface area contributed by atoms with Gasteiger partial charge in [0.2, 0.25) is 0 Å². The SMILES string of the molecule is C[C@@H]1CN(c2ccc(C=O)o2)C[C@H](C)O1. The van der Waals surface area contributed by atoms with Crippen molar-refractivity contribution in [2.24, 2.45) is 0 Å². The molecule has 0 saturated carbocycles. The number of anilines is 1. The van der Waals surface area contributed by atoms with Crippen molar-refractivity contribution in [3.8, 4) is 0 Å². The fraction of sp³-hybridized carbons (Fsp3) is 0.545. The largest absolute Gasteiger partial charge is 0.438 e. The van der Waals surface area contributed by atoms with Gasteiger partial charge < -0.3 is 14.1 Å². The van der Waals surface area contributed by atoms with E-state index in [2.05, 4.69) is 4.90 Å². The van der Waals surface area contributed by atoms with Crippen LogP contribution in [0.25, 0.3) is 0 Å². The summed E-state index contributed by atoms with van der Waals surface area (Å²) in [6, 6.07) is 3.52. The third-order valence-corrected chi connectivity index (χ3v) is 2.46. The second-order valence-electron chi connectivity index (χ2n) is 3.96. The molecule has 2 atom stereocenters. The average Bonchev–Trinajstić information content (AvgIpc) is 2.64. The summed E-state index contributed by atoms with van der Waals surface area (Å²) in [4.78, 5) is 12.6. The van der Waals surface area contributed by atoms with E-state index < -0.39 is 0 Å². The molecule has 0 aromatic carbocycles. The molecular weight excluding hydrogens is 194 g/mol. The second-order valence-corrected chi connectivity index (χ2v) is 3.96. The van der Waals surface area contributed by atoms with Crippen LogP contribution in [-0.4, -0.2) is 31.6 Å². The van der Waals surface area contributed by atoms with Crippen LogP contribution in [0, 0.1) is 0 Å². The Labute approximate surface area is 88.8 Å². The Bertz CT molecular complexity index is 337. The smallest absolute Gasteiger partial charge is 0.196 e. The molecule has 0 radical (unpaired) electrons. The van der Waals surface area contributed by atoms with E-state index >= 15 is 0 Å². The number of ether oxygens (including phenoxy) is 1. The lowest BCUT2D eigenvalue weighted by atomic mass is 10.2. The number of aldehydes is 1. The molecule has 0 unspecified atom stereocenters. The van der Waals surface area contributed by atoms with Gasteiger partial charge in [0.05, 0.1) is 12.2 Å². The molecule has 1 fully saturated rings. The van der Waals surface area contributed by atoms with Crippen LogP contribution in [-0.2, 0) is 4.74 Å². The van der Waals surface area contributed by atoms with Crippen LogP contribution in [0.4, 0.5) is 5.88 Å². The lowest BCUT2D eigenvalue weighted by Crippen LogP contribution is -2.45. The normalized spacial score (nSPS) is 26.7. The van der Waals surface area contributed by atoms with Gasteiger partial charge in [-0.1, -0.05) is 0 Å². The van der Waals surface area contributed by atoms with Crippen molar-refractivity contribution in [2.45, 2.75) is 26.1 Å². The minimum absolute atomic E-state index is 0.193. The molecule has 1 aliphatic heterocycles. The summed E-state index contributed by atoms with van der Waals surface area (Å²) in [6.45, 7) is 5.67. The quantitative estimate of drug-likeness (QED) is 0.695. The van der Waals surface area contributed by atoms with Gasteiger partial charge in [-0.05, 0) is 19.9 Å². The number of furan rings is 1. The van der Waals surface area contributed by atoms with Crippen molar-refractivity contribution >= 4 is 12.2 Å². The Morgan fingerprint density at radius 1 is 1.33 bits per heavy atom. The number of carbonyl (C=O) groups is 1. The number of carbonyl (C=O) groups excluding carboxylic acids is 1. The summed E-state index contributed by atoms with van der Waals surface area (Å²) in [5, 5.41) is 0. The summed E-state index contributed by atoms with van der Waals surface area (Å²) < 4.78 is 11.0. The van der Waals surface area contributed by atoms with Gasteiger partial charge in [-0.15, -0.1) is 0 Å². The van der Waals surface area contributed by atoms with Gasteiger partial charge in [0.25, 0.3) is 0 Å². The van der Waals surface area contributed by atoms with E-state index in [1.165, 1.54) is 0 Å². The molecular formula is C11H15NO3. The van der Waals surface area contributed by atoms with Crippen molar-refractivity contribution in [1.29, 1.82) is 0 Å². The average molecular weight is 209 g/mol. The highest BCUT2D eigenvalue weighted by molar-refractivity contribution is 5.71. The highest BCUT2D eigenvalue weighted by Crippen LogP contribution is 2.22. The predicted molar refractivity (Wildman–Crippen MR) is 56.3 cm³/mol. The van der Waals surface area contributed by atoms with E-state index in [1.54, 1.807) is 6.07 Å². The van der Waals surface area contributed by atoms with Crippen LogP contribution >= 0.6 is 0 Å². The Kier molecular flexibility index (Phi) is 2.77. The van der Waals surface area contributed by atoms with Crippen LogP contribution in [0.2, 0.25) is 0 Å². The van der Waals surface area contributed by atoms with Crippen LogP contribution in [0.1, 0.15) is 24.4 Å². The highest BCUT2D eigenvalue weighted by atomic mass is 16.5. The van der Waals surface area contributed by atoms with Gasteiger partial charge in [0, 0.05) is 19.2 Å². The Morgan fingerprint density at radius 2 is 2.00 bits per heavy atom. The Balaban J connectivity index is 2.12. The molecule has 1 aromatic heterocycles.